The van der Waals surface area contributed by atoms with Gasteiger partial charge in [0.05, 0.1) is 0 Å². The van der Waals surface area contributed by atoms with Crippen molar-refractivity contribution in [3.05, 3.63) is 0 Å². The van der Waals surface area contributed by atoms with Gasteiger partial charge in [0.15, 0.2) is 0 Å². The first kappa shape index (κ1) is 6.26. The molecule has 0 aliphatic rings. The van der Waals surface area contributed by atoms with Gasteiger partial charge < -0.3 is 0 Å². The Kier molecular flexibility index (Phi) is 2.27. The van der Waals surface area contributed by atoms with Crippen LogP contribution in [-0.2, 0) is 0 Å². The molecule has 0 aromatic carbocycles. The molecule has 0 aliphatic carbocycles. The fourth-order valence-corrected chi connectivity index (χ4v) is 0. The van der Waals surface area contributed by atoms with Gasteiger partial charge in [0.1, 0.15) is 0 Å². The molecule has 0 nitrogen and oxygen atoms in total. The maximum atomic E-state index is 4.16. The van der Waals surface area contributed by atoms with E-state index in [4.69, 9.17) is 0 Å². The van der Waals surface area contributed by atoms with Crippen molar-refractivity contribution in [3.63, 3.8) is 0 Å². The van der Waals surface area contributed by atoms with Crippen molar-refractivity contribution in [2.75, 3.05) is 0 Å². The summed E-state index contributed by atoms with van der Waals surface area (Å²) >= 11 is -1.49. The van der Waals surface area contributed by atoms with Crippen LogP contribution in [0.1, 0.15) is 0 Å². The molecule has 0 fully saturated rings. The van der Waals surface area contributed by atoms with Crippen LogP contribution >= 0.6 is 21.8 Å². The second-order valence-corrected chi connectivity index (χ2v) is 19.0. The molecule has 0 bridgehead atoms. The van der Waals surface area contributed by atoms with E-state index in [1.165, 1.54) is 0 Å². The molecule has 3 heteroatoms. The van der Waals surface area contributed by atoms with E-state index in [1.54, 1.807) is 0 Å². The first-order valence-corrected chi connectivity index (χ1v) is 10.9. The molecule has 0 unspecified atom stereocenters. The van der Waals surface area contributed by atoms with Gasteiger partial charge in [0, 0.05) is 0 Å². The maximum absolute atomic E-state index is 4.16. The molecular weight excluding hydrogens is 163 g/mol. The number of rotatable bonds is 0. The first-order valence-electron chi connectivity index (χ1n) is 1.29. The molecule has 0 atom stereocenters. The molecule has 33 valence electrons. The van der Waals surface area contributed by atoms with Gasteiger partial charge >= 0.3 is 44.4 Å². The summed E-state index contributed by atoms with van der Waals surface area (Å²) in [6.45, 7) is 0. The van der Waals surface area contributed by atoms with E-state index >= 15 is 0 Å². The van der Waals surface area contributed by atoms with Crippen LogP contribution in [0, 0.1) is 0 Å². The Morgan fingerprint density at radius 1 is 1.20 bits per heavy atom. The molecule has 0 aromatic rings. The van der Waals surface area contributed by atoms with E-state index in [-0.39, 0.29) is 0 Å². The van der Waals surface area contributed by atoms with E-state index in [1.807, 2.05) is 0 Å². The standard InChI is InChI=1S/C2H8AsS2/c1-3(2,4)5/h4-5H,1-2H3. The number of thiol groups is 2. The van der Waals surface area contributed by atoms with E-state index in [2.05, 4.69) is 33.2 Å². The molecule has 0 N–H and O–H groups in total. The fourth-order valence-electron chi connectivity index (χ4n) is 0. The Bertz CT molecular complexity index is 23.1. The van der Waals surface area contributed by atoms with Crippen LogP contribution in [-0.4, -0.2) is 11.2 Å². The van der Waals surface area contributed by atoms with E-state index < -0.39 is 11.2 Å². The minimum absolute atomic E-state index is 1.49. The van der Waals surface area contributed by atoms with Crippen LogP contribution in [0.5, 0.6) is 0 Å². The normalized spacial score (nSPS) is 12.0. The summed E-state index contributed by atoms with van der Waals surface area (Å²) in [7, 11) is 8.32. The van der Waals surface area contributed by atoms with Gasteiger partial charge in [0.25, 0.3) is 0 Å². The zero-order valence-corrected chi connectivity index (χ0v) is 7.01. The first-order chi connectivity index (χ1) is 2.00. The molecule has 0 aromatic heterocycles. The summed E-state index contributed by atoms with van der Waals surface area (Å²) in [6, 6.07) is 0. The van der Waals surface area contributed by atoms with Gasteiger partial charge in [-0.05, 0) is 0 Å². The van der Waals surface area contributed by atoms with Crippen molar-refractivity contribution in [1.29, 1.82) is 0 Å². The van der Waals surface area contributed by atoms with Gasteiger partial charge in [-0.3, -0.25) is 0 Å². The molecule has 0 aliphatic heterocycles. The number of hydrogen-bond donors (Lipinski definition) is 2. The third-order valence-electron chi connectivity index (χ3n) is 0. The van der Waals surface area contributed by atoms with Gasteiger partial charge in [-0.1, -0.05) is 0 Å². The molecule has 0 saturated heterocycles. The van der Waals surface area contributed by atoms with E-state index in [0.29, 0.717) is 0 Å². The topological polar surface area (TPSA) is 0 Å². The molecule has 0 amide bonds. The third kappa shape index (κ3) is 35.3. The SMILES string of the molecule is C[As](C)(S)S. The van der Waals surface area contributed by atoms with Crippen LogP contribution in [0.2, 0.25) is 11.4 Å². The van der Waals surface area contributed by atoms with Gasteiger partial charge in [0.2, 0.25) is 0 Å². The zero-order chi connectivity index (χ0) is 4.50. The van der Waals surface area contributed by atoms with Crippen LogP contribution in [0.3, 0.4) is 0 Å². The molecule has 0 rings (SSSR count). The summed E-state index contributed by atoms with van der Waals surface area (Å²) in [6.07, 6.45) is 0. The summed E-state index contributed by atoms with van der Waals surface area (Å²) in [4.78, 5) is 0. The third-order valence-corrected chi connectivity index (χ3v) is 0. The Labute approximate surface area is 44.6 Å². The molecule has 0 saturated carbocycles. The Morgan fingerprint density at radius 3 is 1.20 bits per heavy atom. The van der Waals surface area contributed by atoms with Gasteiger partial charge in [-0.25, -0.2) is 0 Å². The van der Waals surface area contributed by atoms with Crippen LogP contribution in [0.15, 0.2) is 0 Å². The van der Waals surface area contributed by atoms with E-state index in [0.717, 1.165) is 0 Å². The quantitative estimate of drug-likeness (QED) is 0.401. The average molecular weight is 171 g/mol. The molecular formula is C2H8AsS2. The second-order valence-electron chi connectivity index (χ2n) is 1.34. The molecule has 0 heterocycles. The Hall–Kier alpha value is 1.26. The van der Waals surface area contributed by atoms with Crippen molar-refractivity contribution in [1.82, 2.24) is 0 Å². The van der Waals surface area contributed by atoms with Crippen LogP contribution in [0.4, 0.5) is 0 Å². The summed E-state index contributed by atoms with van der Waals surface area (Å²) in [5, 5.41) is 0. The second kappa shape index (κ2) is 1.81. The summed E-state index contributed by atoms with van der Waals surface area (Å²) in [5.41, 5.74) is 4.18. The Morgan fingerprint density at radius 2 is 1.20 bits per heavy atom. The molecule has 5 heavy (non-hydrogen) atoms. The molecule has 0 spiro atoms. The predicted octanol–water partition coefficient (Wildman–Crippen LogP) is 1.55. The van der Waals surface area contributed by atoms with Crippen LogP contribution in [0.25, 0.3) is 0 Å². The van der Waals surface area contributed by atoms with Crippen LogP contribution < -0.4 is 0 Å². The minimum atomic E-state index is -1.49. The van der Waals surface area contributed by atoms with Gasteiger partial charge in [-0.15, -0.1) is 0 Å². The number of hydrogen-bond acceptors (Lipinski definition) is 2. The van der Waals surface area contributed by atoms with Crippen molar-refractivity contribution < 1.29 is 0 Å². The predicted molar refractivity (Wildman–Crippen MR) is 35.5 cm³/mol. The summed E-state index contributed by atoms with van der Waals surface area (Å²) in [5.74, 6) is 0. The Balaban J connectivity index is 3.02. The zero-order valence-electron chi connectivity index (χ0n) is 3.34. The monoisotopic (exact) mass is 171 g/mol. The van der Waals surface area contributed by atoms with Crippen molar-refractivity contribution in [2.24, 2.45) is 0 Å². The molecule has 1 radical (unpaired) electrons. The van der Waals surface area contributed by atoms with E-state index in [9.17, 15) is 0 Å². The van der Waals surface area contributed by atoms with Crippen molar-refractivity contribution in [2.45, 2.75) is 11.4 Å². The van der Waals surface area contributed by atoms with Crippen molar-refractivity contribution in [3.8, 4) is 0 Å². The average Bonchev–Trinajstić information content (AvgIpc) is 0.722. The van der Waals surface area contributed by atoms with Crippen molar-refractivity contribution >= 4 is 33.0 Å². The van der Waals surface area contributed by atoms with Gasteiger partial charge in [-0.2, -0.15) is 0 Å². The fraction of sp³-hybridized carbons (Fsp3) is 1.00. The summed E-state index contributed by atoms with van der Waals surface area (Å²) < 4.78 is 0.